The topological polar surface area (TPSA) is 46.3 Å². The lowest BCUT2D eigenvalue weighted by Gasteiger charge is -1.94. The molecular formula is C10H11NO2. The van der Waals surface area contributed by atoms with Gasteiger partial charge in [-0.2, -0.15) is 0 Å². The van der Waals surface area contributed by atoms with Gasteiger partial charge in [-0.25, -0.2) is 4.98 Å². The summed E-state index contributed by atoms with van der Waals surface area (Å²) in [4.78, 5) is 4.27. The Balaban J connectivity index is 2.62. The Labute approximate surface area is 76.0 Å². The van der Waals surface area contributed by atoms with Gasteiger partial charge in [0, 0.05) is 11.8 Å². The van der Waals surface area contributed by atoms with Gasteiger partial charge in [-0.1, -0.05) is 0 Å². The van der Waals surface area contributed by atoms with Gasteiger partial charge in [0.1, 0.15) is 17.4 Å². The monoisotopic (exact) mass is 177 g/mol. The molecule has 0 fully saturated rings. The highest BCUT2D eigenvalue weighted by Gasteiger charge is 2.08. The molecule has 0 aliphatic rings. The van der Waals surface area contributed by atoms with Crippen molar-refractivity contribution in [2.45, 2.75) is 20.0 Å². The van der Waals surface area contributed by atoms with Crippen LogP contribution in [0.15, 0.2) is 22.6 Å². The Bertz CT molecular complexity index is 431. The second-order valence-corrected chi connectivity index (χ2v) is 3.16. The number of aromatic nitrogens is 1. The summed E-state index contributed by atoms with van der Waals surface area (Å²) in [7, 11) is 0. The Kier molecular flexibility index (Phi) is 1.81. The van der Waals surface area contributed by atoms with Crippen molar-refractivity contribution in [3.05, 3.63) is 29.7 Å². The average Bonchev–Trinajstić information content (AvgIpc) is 2.46. The van der Waals surface area contributed by atoms with Crippen molar-refractivity contribution in [3.8, 4) is 0 Å². The Morgan fingerprint density at radius 2 is 2.23 bits per heavy atom. The molecule has 0 radical (unpaired) electrons. The normalized spacial score (nSPS) is 13.5. The van der Waals surface area contributed by atoms with Crippen LogP contribution in [-0.4, -0.2) is 10.1 Å². The molecule has 0 saturated heterocycles. The van der Waals surface area contributed by atoms with E-state index in [-0.39, 0.29) is 0 Å². The highest BCUT2D eigenvalue weighted by atomic mass is 16.4. The molecule has 1 atom stereocenters. The van der Waals surface area contributed by atoms with Gasteiger partial charge in [0.2, 0.25) is 0 Å². The first-order valence-corrected chi connectivity index (χ1v) is 4.22. The summed E-state index contributed by atoms with van der Waals surface area (Å²) in [5.74, 6) is 0.563. The summed E-state index contributed by atoms with van der Waals surface area (Å²) in [6.45, 7) is 3.60. The first-order valence-electron chi connectivity index (χ1n) is 4.22. The SMILES string of the molecule is Cc1ccc2oc(C(C)O)cc2n1. The fourth-order valence-electron chi connectivity index (χ4n) is 1.25. The van der Waals surface area contributed by atoms with Gasteiger partial charge in [-0.05, 0) is 26.0 Å². The van der Waals surface area contributed by atoms with Crippen molar-refractivity contribution in [1.29, 1.82) is 0 Å². The van der Waals surface area contributed by atoms with Crippen LogP contribution in [0.4, 0.5) is 0 Å². The van der Waals surface area contributed by atoms with Gasteiger partial charge in [-0.3, -0.25) is 0 Å². The number of aliphatic hydroxyl groups is 1. The maximum Gasteiger partial charge on any atom is 0.152 e. The van der Waals surface area contributed by atoms with Crippen LogP contribution in [0.3, 0.4) is 0 Å². The lowest BCUT2D eigenvalue weighted by molar-refractivity contribution is 0.172. The quantitative estimate of drug-likeness (QED) is 0.726. The summed E-state index contributed by atoms with van der Waals surface area (Å²) >= 11 is 0. The van der Waals surface area contributed by atoms with Crippen LogP contribution in [0.1, 0.15) is 24.5 Å². The molecule has 0 bridgehead atoms. The summed E-state index contributed by atoms with van der Waals surface area (Å²) in [6, 6.07) is 5.52. The van der Waals surface area contributed by atoms with Gasteiger partial charge in [0.25, 0.3) is 0 Å². The van der Waals surface area contributed by atoms with E-state index in [2.05, 4.69) is 4.98 Å². The second-order valence-electron chi connectivity index (χ2n) is 3.16. The van der Waals surface area contributed by atoms with Gasteiger partial charge < -0.3 is 9.52 Å². The molecule has 2 rings (SSSR count). The molecule has 0 aromatic carbocycles. The van der Waals surface area contributed by atoms with Crippen LogP contribution < -0.4 is 0 Å². The number of fused-ring (bicyclic) bond motifs is 1. The number of hydrogen-bond donors (Lipinski definition) is 1. The van der Waals surface area contributed by atoms with Crippen molar-refractivity contribution < 1.29 is 9.52 Å². The average molecular weight is 177 g/mol. The first-order chi connectivity index (χ1) is 6.16. The van der Waals surface area contributed by atoms with Gasteiger partial charge in [-0.15, -0.1) is 0 Å². The zero-order valence-corrected chi connectivity index (χ0v) is 7.61. The predicted octanol–water partition coefficient (Wildman–Crippen LogP) is 2.19. The smallest absolute Gasteiger partial charge is 0.152 e. The van der Waals surface area contributed by atoms with Crippen LogP contribution in [0.25, 0.3) is 11.1 Å². The van der Waals surface area contributed by atoms with Crippen LogP contribution in [0, 0.1) is 6.92 Å². The minimum atomic E-state index is -0.575. The molecule has 0 saturated carbocycles. The molecule has 3 heteroatoms. The molecule has 68 valence electrons. The number of nitrogens with zero attached hydrogens (tertiary/aromatic N) is 1. The highest BCUT2D eigenvalue weighted by Crippen LogP contribution is 2.22. The largest absolute Gasteiger partial charge is 0.457 e. The molecule has 0 aliphatic heterocycles. The molecule has 2 aromatic rings. The highest BCUT2D eigenvalue weighted by molar-refractivity contribution is 5.73. The van der Waals surface area contributed by atoms with Crippen LogP contribution in [0.5, 0.6) is 0 Å². The van der Waals surface area contributed by atoms with Gasteiger partial charge in [0.05, 0.1) is 0 Å². The van der Waals surface area contributed by atoms with Crippen molar-refractivity contribution >= 4 is 11.1 Å². The van der Waals surface area contributed by atoms with E-state index in [0.29, 0.717) is 5.76 Å². The molecule has 2 heterocycles. The Hall–Kier alpha value is -1.35. The van der Waals surface area contributed by atoms with E-state index in [0.717, 1.165) is 16.8 Å². The summed E-state index contributed by atoms with van der Waals surface area (Å²) in [5.41, 5.74) is 2.47. The Morgan fingerprint density at radius 3 is 2.92 bits per heavy atom. The minimum Gasteiger partial charge on any atom is -0.457 e. The molecule has 13 heavy (non-hydrogen) atoms. The lowest BCUT2D eigenvalue weighted by atomic mass is 10.3. The van der Waals surface area contributed by atoms with Crippen molar-refractivity contribution in [1.82, 2.24) is 4.98 Å². The third-order valence-electron chi connectivity index (χ3n) is 1.94. The standard InChI is InChI=1S/C10H11NO2/c1-6-3-4-9-8(11-6)5-10(13-9)7(2)12/h3-5,7,12H,1-2H3. The first kappa shape index (κ1) is 8.26. The number of furan rings is 1. The molecule has 3 nitrogen and oxygen atoms in total. The van der Waals surface area contributed by atoms with E-state index in [1.54, 1.807) is 13.0 Å². The maximum atomic E-state index is 9.27. The predicted molar refractivity (Wildman–Crippen MR) is 49.4 cm³/mol. The molecule has 1 unspecified atom stereocenters. The lowest BCUT2D eigenvalue weighted by Crippen LogP contribution is -1.85. The molecule has 2 aromatic heterocycles. The number of hydrogen-bond acceptors (Lipinski definition) is 3. The fraction of sp³-hybridized carbons (Fsp3) is 0.300. The van der Waals surface area contributed by atoms with E-state index >= 15 is 0 Å². The number of rotatable bonds is 1. The van der Waals surface area contributed by atoms with Gasteiger partial charge >= 0.3 is 0 Å². The van der Waals surface area contributed by atoms with Crippen molar-refractivity contribution in [3.63, 3.8) is 0 Å². The molecule has 1 N–H and O–H groups in total. The fourth-order valence-corrected chi connectivity index (χ4v) is 1.25. The summed E-state index contributed by atoms with van der Waals surface area (Å²) in [5, 5.41) is 9.27. The summed E-state index contributed by atoms with van der Waals surface area (Å²) < 4.78 is 5.37. The zero-order valence-electron chi connectivity index (χ0n) is 7.61. The second kappa shape index (κ2) is 2.85. The van der Waals surface area contributed by atoms with E-state index in [9.17, 15) is 5.11 Å². The van der Waals surface area contributed by atoms with Crippen molar-refractivity contribution in [2.75, 3.05) is 0 Å². The number of pyridine rings is 1. The van der Waals surface area contributed by atoms with Crippen molar-refractivity contribution in [2.24, 2.45) is 0 Å². The van der Waals surface area contributed by atoms with Crippen LogP contribution >= 0.6 is 0 Å². The zero-order chi connectivity index (χ0) is 9.42. The third-order valence-corrected chi connectivity index (χ3v) is 1.94. The maximum absolute atomic E-state index is 9.27. The van der Waals surface area contributed by atoms with Crippen LogP contribution in [0.2, 0.25) is 0 Å². The number of aliphatic hydroxyl groups excluding tert-OH is 1. The van der Waals surface area contributed by atoms with Gasteiger partial charge in [0.15, 0.2) is 5.58 Å². The third kappa shape index (κ3) is 1.42. The molecule has 0 amide bonds. The molecule has 0 aliphatic carbocycles. The van der Waals surface area contributed by atoms with E-state index in [1.807, 2.05) is 19.1 Å². The van der Waals surface area contributed by atoms with Crippen LogP contribution in [-0.2, 0) is 0 Å². The molecule has 0 spiro atoms. The molecular weight excluding hydrogens is 166 g/mol. The van der Waals surface area contributed by atoms with E-state index < -0.39 is 6.10 Å². The Morgan fingerprint density at radius 1 is 1.46 bits per heavy atom. The van der Waals surface area contributed by atoms with E-state index in [1.165, 1.54) is 0 Å². The number of aryl methyl sites for hydroxylation is 1. The van der Waals surface area contributed by atoms with E-state index in [4.69, 9.17) is 4.42 Å². The minimum absolute atomic E-state index is 0.563. The summed E-state index contributed by atoms with van der Waals surface area (Å²) in [6.07, 6.45) is -0.575.